The van der Waals surface area contributed by atoms with Crippen molar-refractivity contribution in [2.75, 3.05) is 6.61 Å². The zero-order valence-corrected chi connectivity index (χ0v) is 13.2. The molecule has 3 rings (SSSR count). The zero-order valence-electron chi connectivity index (χ0n) is 13.2. The number of nitrogens with zero attached hydrogens (tertiary/aromatic N) is 1. The van der Waals surface area contributed by atoms with Crippen molar-refractivity contribution in [2.24, 2.45) is 0 Å². The smallest absolute Gasteiger partial charge is 0.394 e. The van der Waals surface area contributed by atoms with E-state index in [4.69, 9.17) is 9.84 Å². The van der Waals surface area contributed by atoms with E-state index in [2.05, 4.69) is 4.98 Å². The van der Waals surface area contributed by atoms with Crippen molar-refractivity contribution < 1.29 is 37.6 Å². The van der Waals surface area contributed by atoms with Crippen molar-refractivity contribution in [3.05, 3.63) is 39.1 Å². The number of halogens is 4. The zero-order chi connectivity index (χ0) is 19.4. The van der Waals surface area contributed by atoms with Crippen LogP contribution in [-0.4, -0.2) is 50.2 Å². The van der Waals surface area contributed by atoms with Gasteiger partial charge in [0.2, 0.25) is 0 Å². The number of hydrogen-bond donors (Lipinski definition) is 4. The summed E-state index contributed by atoms with van der Waals surface area (Å²) in [5, 5.41) is 28.8. The molecule has 3 aliphatic rings. The van der Waals surface area contributed by atoms with Gasteiger partial charge in [0.1, 0.15) is 41.8 Å². The molecule has 3 aliphatic heterocycles. The molecule has 4 atom stereocenters. The maximum absolute atomic E-state index is 14.4. The van der Waals surface area contributed by atoms with E-state index in [0.29, 0.717) is 0 Å². The molecule has 26 heavy (non-hydrogen) atoms. The molecule has 3 heterocycles. The summed E-state index contributed by atoms with van der Waals surface area (Å²) in [6, 6.07) is 0.921. The van der Waals surface area contributed by atoms with Crippen LogP contribution in [0.3, 0.4) is 0 Å². The van der Waals surface area contributed by atoms with E-state index in [9.17, 15) is 32.6 Å². The van der Waals surface area contributed by atoms with Gasteiger partial charge in [-0.2, -0.15) is 18.2 Å². The first kappa shape index (κ1) is 18.7. The van der Waals surface area contributed by atoms with E-state index in [-0.39, 0.29) is 5.56 Å². The number of aliphatic hydroxyl groups excluding tert-OH is 3. The van der Waals surface area contributed by atoms with Crippen LogP contribution in [0.25, 0.3) is 11.4 Å². The molecule has 1 saturated heterocycles. The van der Waals surface area contributed by atoms with E-state index in [1.807, 2.05) is 4.98 Å². The molecule has 4 N–H and O–H groups in total. The number of fused-ring (bicyclic) bond motifs is 1. The third-order valence-corrected chi connectivity index (χ3v) is 4.33. The number of aromatic amines is 1. The standard InChI is InChI=1S/C15H14F4N2O5/c1-4-8(16)5-2-6(11-10(24)9(23)7(3-22)26-11)14(25)21-13(5)20-12(4)15(17,18)19/h2,7,9-11,22-24H,3H2,1H3,(H,20,21,25)/t7-,9?,10+,11+/m1/s1. The average Bonchev–Trinajstić information content (AvgIpc) is 2.84. The number of hydrogen-bond acceptors (Lipinski definition) is 6. The summed E-state index contributed by atoms with van der Waals surface area (Å²) in [6.07, 6.45) is -10.5. The average molecular weight is 378 g/mol. The Morgan fingerprint density at radius 2 is 1.96 bits per heavy atom. The Bertz CT molecular complexity index is 868. The highest BCUT2D eigenvalue weighted by molar-refractivity contribution is 5.61. The minimum Gasteiger partial charge on any atom is -0.394 e. The van der Waals surface area contributed by atoms with E-state index in [0.717, 1.165) is 13.0 Å². The molecule has 142 valence electrons. The molecule has 0 aromatic heterocycles. The summed E-state index contributed by atoms with van der Waals surface area (Å²) in [5.74, 6) is -1.84. The summed E-state index contributed by atoms with van der Waals surface area (Å²) in [5.41, 5.74) is -3.87. The lowest BCUT2D eigenvalue weighted by atomic mass is 9.99. The third kappa shape index (κ3) is 2.86. The monoisotopic (exact) mass is 378 g/mol. The Hall–Kier alpha value is -2.08. The topological polar surface area (TPSA) is 116 Å². The van der Waals surface area contributed by atoms with Crippen molar-refractivity contribution in [1.29, 1.82) is 0 Å². The molecular weight excluding hydrogens is 364 g/mol. The normalized spacial score (nSPS) is 26.6. The van der Waals surface area contributed by atoms with Crippen LogP contribution >= 0.6 is 0 Å². The van der Waals surface area contributed by atoms with Crippen molar-refractivity contribution in [2.45, 2.75) is 37.5 Å². The molecular formula is C15H14F4N2O5. The van der Waals surface area contributed by atoms with E-state index >= 15 is 0 Å². The maximum atomic E-state index is 14.4. The molecule has 1 fully saturated rings. The number of aliphatic hydroxyl groups is 3. The molecule has 0 amide bonds. The number of rotatable bonds is 2. The van der Waals surface area contributed by atoms with Gasteiger partial charge in [0.15, 0.2) is 0 Å². The number of aromatic nitrogens is 2. The molecule has 7 nitrogen and oxygen atoms in total. The summed E-state index contributed by atoms with van der Waals surface area (Å²) in [4.78, 5) is 17.5. The summed E-state index contributed by atoms with van der Waals surface area (Å²) in [6.45, 7) is 0.283. The fourth-order valence-corrected chi connectivity index (χ4v) is 2.94. The van der Waals surface area contributed by atoms with Gasteiger partial charge in [-0.1, -0.05) is 0 Å². The van der Waals surface area contributed by atoms with Crippen LogP contribution in [0.4, 0.5) is 17.6 Å². The van der Waals surface area contributed by atoms with Crippen molar-refractivity contribution >= 4 is 0 Å². The van der Waals surface area contributed by atoms with Crippen molar-refractivity contribution in [3.63, 3.8) is 0 Å². The lowest BCUT2D eigenvalue weighted by Gasteiger charge is -2.18. The van der Waals surface area contributed by atoms with Crippen LogP contribution in [0.1, 0.15) is 22.9 Å². The Balaban J connectivity index is 2.17. The Morgan fingerprint density at radius 1 is 1.31 bits per heavy atom. The molecule has 0 spiro atoms. The van der Waals surface area contributed by atoms with Crippen LogP contribution in [-0.2, 0) is 10.9 Å². The van der Waals surface area contributed by atoms with E-state index in [1.54, 1.807) is 0 Å². The molecule has 0 aliphatic carbocycles. The lowest BCUT2D eigenvalue weighted by Crippen LogP contribution is -2.33. The molecule has 0 aromatic carbocycles. The van der Waals surface area contributed by atoms with Gasteiger partial charge in [-0.25, -0.2) is 4.39 Å². The van der Waals surface area contributed by atoms with Crippen molar-refractivity contribution in [3.8, 4) is 11.4 Å². The van der Waals surface area contributed by atoms with E-state index < -0.39 is 71.2 Å². The third-order valence-electron chi connectivity index (χ3n) is 4.33. The van der Waals surface area contributed by atoms with Gasteiger partial charge in [-0.05, 0) is 13.0 Å². The summed E-state index contributed by atoms with van der Waals surface area (Å²) in [7, 11) is 0. The SMILES string of the molecule is Cc1c(C(F)(F)F)[nH]c2nc(=O)c([C@@H]3O[C@H](CO)C(O)[C@@H]3O)cc-2c1F. The maximum Gasteiger partial charge on any atom is 0.431 e. The van der Waals surface area contributed by atoms with Gasteiger partial charge < -0.3 is 25.0 Å². The first-order chi connectivity index (χ1) is 12.1. The highest BCUT2D eigenvalue weighted by Gasteiger charge is 2.45. The van der Waals surface area contributed by atoms with Gasteiger partial charge in [0.05, 0.1) is 17.7 Å². The second-order valence-corrected chi connectivity index (χ2v) is 5.97. The molecule has 0 bridgehead atoms. The van der Waals surface area contributed by atoms with Gasteiger partial charge in [0.25, 0.3) is 5.56 Å². The van der Waals surface area contributed by atoms with Crippen LogP contribution in [0, 0.1) is 12.7 Å². The molecule has 1 unspecified atom stereocenters. The quantitative estimate of drug-likeness (QED) is 0.566. The van der Waals surface area contributed by atoms with Crippen molar-refractivity contribution in [1.82, 2.24) is 9.97 Å². The van der Waals surface area contributed by atoms with Crippen LogP contribution in [0.5, 0.6) is 0 Å². The highest BCUT2D eigenvalue weighted by Crippen LogP contribution is 2.37. The number of pyridine rings is 2. The number of H-pyrrole nitrogens is 1. The highest BCUT2D eigenvalue weighted by atomic mass is 19.4. The van der Waals surface area contributed by atoms with Gasteiger partial charge >= 0.3 is 6.18 Å². The molecule has 0 saturated carbocycles. The van der Waals surface area contributed by atoms with Crippen LogP contribution in [0.2, 0.25) is 0 Å². The predicted molar refractivity (Wildman–Crippen MR) is 77.9 cm³/mol. The van der Waals surface area contributed by atoms with Crippen LogP contribution in [0.15, 0.2) is 10.9 Å². The predicted octanol–water partition coefficient (Wildman–Crippen LogP) is 0.495. The van der Waals surface area contributed by atoms with Gasteiger partial charge in [-0.15, -0.1) is 0 Å². The number of ether oxygens (including phenoxy) is 1. The van der Waals surface area contributed by atoms with Gasteiger partial charge in [0, 0.05) is 5.56 Å². The first-order valence-corrected chi connectivity index (χ1v) is 7.49. The van der Waals surface area contributed by atoms with Crippen LogP contribution < -0.4 is 5.56 Å². The number of alkyl halides is 3. The fourth-order valence-electron chi connectivity index (χ4n) is 2.94. The molecule has 0 radical (unpaired) electrons. The summed E-state index contributed by atoms with van der Waals surface area (Å²) < 4.78 is 58.5. The molecule has 11 heteroatoms. The van der Waals surface area contributed by atoms with E-state index in [1.165, 1.54) is 0 Å². The largest absolute Gasteiger partial charge is 0.431 e. The molecule has 0 aromatic rings. The second kappa shape index (κ2) is 6.27. The van der Waals surface area contributed by atoms with Gasteiger partial charge in [-0.3, -0.25) is 4.79 Å². The Kier molecular flexibility index (Phi) is 4.51. The summed E-state index contributed by atoms with van der Waals surface area (Å²) >= 11 is 0. The Morgan fingerprint density at radius 3 is 2.50 bits per heavy atom. The first-order valence-electron chi connectivity index (χ1n) is 7.49. The second-order valence-electron chi connectivity index (χ2n) is 5.97. The minimum absolute atomic E-state index is 0.341. The lowest BCUT2D eigenvalue weighted by molar-refractivity contribution is -0.141. The minimum atomic E-state index is -4.87. The fraction of sp³-hybridized carbons (Fsp3) is 0.467. The Labute approximate surface area is 143 Å². The number of nitrogens with one attached hydrogen (secondary N) is 1.